The van der Waals surface area contributed by atoms with Gasteiger partial charge in [0.05, 0.1) is 39.0 Å². The lowest BCUT2D eigenvalue weighted by Gasteiger charge is -2.34. The van der Waals surface area contributed by atoms with Crippen molar-refractivity contribution in [3.63, 3.8) is 0 Å². The van der Waals surface area contributed by atoms with Crippen LogP contribution in [-0.4, -0.2) is 48.4 Å². The Bertz CT molecular complexity index is 1800. The number of hydrogen-bond donors (Lipinski definition) is 4. The molecule has 0 unspecified atom stereocenters. The van der Waals surface area contributed by atoms with Gasteiger partial charge in [-0.25, -0.2) is 4.39 Å². The first kappa shape index (κ1) is 31.3. The van der Waals surface area contributed by atoms with Crippen LogP contribution in [0, 0.1) is 17.1 Å². The lowest BCUT2D eigenvalue weighted by molar-refractivity contribution is 0.223. The lowest BCUT2D eigenvalue weighted by atomic mass is 9.69. The quantitative estimate of drug-likeness (QED) is 0.144. The van der Waals surface area contributed by atoms with Crippen LogP contribution >= 0.6 is 11.6 Å². The Morgan fingerprint density at radius 1 is 1.09 bits per heavy atom. The van der Waals surface area contributed by atoms with Crippen molar-refractivity contribution in [3.8, 4) is 6.07 Å². The molecule has 3 heterocycles. The van der Waals surface area contributed by atoms with E-state index in [0.717, 1.165) is 66.8 Å². The van der Waals surface area contributed by atoms with Crippen LogP contribution in [0.5, 0.6) is 0 Å². The minimum Gasteiger partial charge on any atom is -0.378 e. The van der Waals surface area contributed by atoms with E-state index in [1.807, 2.05) is 18.2 Å². The monoisotopic (exact) mass is 648 g/mol. The van der Waals surface area contributed by atoms with Gasteiger partial charge in [-0.1, -0.05) is 60.5 Å². The van der Waals surface area contributed by atoms with Crippen molar-refractivity contribution >= 4 is 41.7 Å². The second kappa shape index (κ2) is 13.4. The van der Waals surface area contributed by atoms with Gasteiger partial charge in [0.15, 0.2) is 0 Å². The lowest BCUT2D eigenvalue weighted by Crippen LogP contribution is -2.45. The van der Waals surface area contributed by atoms with Crippen LogP contribution < -0.4 is 21.6 Å². The van der Waals surface area contributed by atoms with Gasteiger partial charge < -0.3 is 21.0 Å². The number of nitrogens with zero attached hydrogens (tertiary/aromatic N) is 4. The van der Waals surface area contributed by atoms with Gasteiger partial charge in [0.1, 0.15) is 19.7 Å². The van der Waals surface area contributed by atoms with Crippen molar-refractivity contribution in [2.75, 3.05) is 30.3 Å². The van der Waals surface area contributed by atoms with Crippen LogP contribution in [0.2, 0.25) is 5.02 Å². The van der Waals surface area contributed by atoms with Crippen molar-refractivity contribution in [3.05, 3.63) is 112 Å². The predicted octanol–water partition coefficient (Wildman–Crippen LogP) is 6.15. The molecule has 1 saturated carbocycles. The molecule has 11 heteroatoms. The Labute approximate surface area is 281 Å². The largest absolute Gasteiger partial charge is 0.378 e. The van der Waals surface area contributed by atoms with Crippen LogP contribution in [0.4, 0.5) is 15.8 Å². The summed E-state index contributed by atoms with van der Waals surface area (Å²) >= 11 is 6.95. The van der Waals surface area contributed by atoms with E-state index >= 15 is 0 Å². The summed E-state index contributed by atoms with van der Waals surface area (Å²) in [5.74, 6) is -0.296. The summed E-state index contributed by atoms with van der Waals surface area (Å²) in [4.78, 5) is 7.16. The van der Waals surface area contributed by atoms with E-state index in [9.17, 15) is 9.65 Å². The van der Waals surface area contributed by atoms with E-state index < -0.39 is 5.44 Å². The maximum absolute atomic E-state index is 14.1. The molecule has 3 aromatic carbocycles. The molecular weight excluding hydrogens is 610 g/mol. The second-order valence-corrected chi connectivity index (χ2v) is 13.4. The summed E-state index contributed by atoms with van der Waals surface area (Å²) in [6.07, 6.45) is 10.6. The fourth-order valence-electron chi connectivity index (χ4n) is 6.75. The first-order chi connectivity index (χ1) is 22.9. The second-order valence-electron chi connectivity index (χ2n) is 13.0. The first-order valence-corrected chi connectivity index (χ1v) is 16.9. The van der Waals surface area contributed by atoms with Crippen molar-refractivity contribution in [2.45, 2.75) is 56.0 Å². The number of pyridine rings is 1. The van der Waals surface area contributed by atoms with Crippen molar-refractivity contribution < 1.29 is 4.39 Å². The van der Waals surface area contributed by atoms with Crippen LogP contribution in [0.25, 0.3) is 10.9 Å². The van der Waals surface area contributed by atoms with Gasteiger partial charge in [-0.15, -0.1) is 5.53 Å². The van der Waals surface area contributed by atoms with E-state index in [0.29, 0.717) is 27.8 Å². The smallest absolute Gasteiger partial charge is 0.148 e. The molecule has 7 rings (SSSR count). The summed E-state index contributed by atoms with van der Waals surface area (Å²) in [7, 11) is 2.06. The maximum atomic E-state index is 14.1. The molecule has 240 valence electrons. The van der Waals surface area contributed by atoms with E-state index in [1.54, 1.807) is 18.3 Å². The molecule has 1 aromatic heterocycles. The van der Waals surface area contributed by atoms with Crippen LogP contribution in [0.1, 0.15) is 61.3 Å². The number of halogens is 2. The molecular formula is C36H39BClFN8. The molecule has 1 saturated heterocycles. The number of piperidine rings is 1. The zero-order valence-corrected chi connectivity index (χ0v) is 27.3. The topological polar surface area (TPSA) is 91.3 Å². The molecule has 47 heavy (non-hydrogen) atoms. The average molecular weight is 649 g/mol. The molecule has 2 aliphatic heterocycles. The summed E-state index contributed by atoms with van der Waals surface area (Å²) in [6.45, 7) is 3.22. The van der Waals surface area contributed by atoms with Gasteiger partial charge in [0.2, 0.25) is 0 Å². The fraction of sp³-hybridized carbons (Fsp3) is 0.333. The molecule has 0 amide bonds. The summed E-state index contributed by atoms with van der Waals surface area (Å²) < 4.78 is 14.1. The Hall–Kier alpha value is -4.30. The Kier molecular flexibility index (Phi) is 8.95. The summed E-state index contributed by atoms with van der Waals surface area (Å²) in [5.41, 5.74) is 11.3. The normalized spacial score (nSPS) is 18.6. The minimum absolute atomic E-state index is 0.0250. The fourth-order valence-corrected chi connectivity index (χ4v) is 7.02. The summed E-state index contributed by atoms with van der Waals surface area (Å²) in [5, 5.41) is 21.1. The van der Waals surface area contributed by atoms with Gasteiger partial charge in [-0.05, 0) is 80.6 Å². The molecule has 0 bridgehead atoms. The summed E-state index contributed by atoms with van der Waals surface area (Å²) in [6, 6.07) is 23.6. The number of likely N-dealkylation sites (tertiary alicyclic amines) is 1. The predicted molar refractivity (Wildman–Crippen MR) is 189 cm³/mol. The standard InChI is InChI=1S/C36H39BClFN8/c37-36(26-9-11-27(39)12-10-26,33-23-47(45-44-33)29-13-14-29)43-28-19-30-34(25(21-40)22-41-35(30)31(38)20-28)42-32(24-7-3-1-4-8-24)15-18-46-16-5-2-6-17-46/h1,3-4,7-12,19-20,22-23,29,32,43-45H,2,5-6,13-18,37H2,(H,41,42)/t32-,36+/m1/s1. The Balaban J connectivity index is 1.27. The van der Waals surface area contributed by atoms with Gasteiger partial charge in [-0.3, -0.25) is 9.99 Å². The maximum Gasteiger partial charge on any atom is 0.148 e. The zero-order valence-electron chi connectivity index (χ0n) is 26.6. The Morgan fingerprint density at radius 3 is 2.57 bits per heavy atom. The average Bonchev–Trinajstić information content (AvgIpc) is 3.83. The number of anilines is 2. The SMILES string of the molecule is B[C@@](Nc1cc(Cl)c2ncc(C#N)c(N[C@H](CCN3CCCCC3)c3ccccc3)c2c1)(C1=CN(C2CC2)NN1)c1ccc(F)cc1. The zero-order chi connectivity index (χ0) is 32.4. The van der Waals surface area contributed by atoms with Gasteiger partial charge >= 0.3 is 0 Å². The Morgan fingerprint density at radius 2 is 1.85 bits per heavy atom. The van der Waals surface area contributed by atoms with Gasteiger partial charge in [-0.2, -0.15) is 5.26 Å². The number of rotatable bonds is 11. The highest BCUT2D eigenvalue weighted by atomic mass is 35.5. The molecule has 4 N–H and O–H groups in total. The number of hydrogen-bond acceptors (Lipinski definition) is 8. The van der Waals surface area contributed by atoms with Crippen molar-refractivity contribution in [1.82, 2.24) is 25.9 Å². The van der Waals surface area contributed by atoms with E-state index in [2.05, 4.69) is 80.9 Å². The van der Waals surface area contributed by atoms with Crippen LogP contribution in [-0.2, 0) is 5.44 Å². The highest BCUT2D eigenvalue weighted by molar-refractivity contribution is 6.36. The minimum atomic E-state index is -0.782. The van der Waals surface area contributed by atoms with Gasteiger partial charge in [0, 0.05) is 36.1 Å². The van der Waals surface area contributed by atoms with Crippen LogP contribution in [0.3, 0.4) is 0 Å². The first-order valence-electron chi connectivity index (χ1n) is 16.5. The number of hydrazine groups is 2. The molecule has 2 fully saturated rings. The highest BCUT2D eigenvalue weighted by Crippen LogP contribution is 2.39. The van der Waals surface area contributed by atoms with E-state index in [-0.39, 0.29) is 11.9 Å². The van der Waals surface area contributed by atoms with Crippen molar-refractivity contribution in [2.24, 2.45) is 0 Å². The molecule has 0 radical (unpaired) electrons. The highest BCUT2D eigenvalue weighted by Gasteiger charge is 2.38. The van der Waals surface area contributed by atoms with Crippen molar-refractivity contribution in [1.29, 1.82) is 5.26 Å². The molecule has 0 spiro atoms. The number of benzene rings is 3. The number of nitrogens with one attached hydrogen (secondary N) is 4. The van der Waals surface area contributed by atoms with E-state index in [4.69, 9.17) is 11.6 Å². The number of aromatic nitrogens is 1. The third-order valence-electron chi connectivity index (χ3n) is 9.63. The molecule has 3 aliphatic rings. The number of nitriles is 1. The third-order valence-corrected chi connectivity index (χ3v) is 9.92. The van der Waals surface area contributed by atoms with E-state index in [1.165, 1.54) is 31.4 Å². The number of fused-ring (bicyclic) bond motifs is 1. The molecule has 1 aliphatic carbocycles. The third kappa shape index (κ3) is 6.75. The van der Waals surface area contributed by atoms with Gasteiger partial charge in [0.25, 0.3) is 0 Å². The molecule has 2 atom stereocenters. The molecule has 4 aromatic rings. The van der Waals surface area contributed by atoms with Crippen LogP contribution in [0.15, 0.2) is 84.8 Å². The molecule has 8 nitrogen and oxygen atoms in total.